The number of carbonyl (C=O) groups excluding carboxylic acids is 1. The number of aromatic nitrogens is 2. The van der Waals surface area contributed by atoms with Gasteiger partial charge in [0.1, 0.15) is 16.6 Å². The first-order valence-electron chi connectivity index (χ1n) is 7.06. The Morgan fingerprint density at radius 3 is 2.74 bits per heavy atom. The van der Waals surface area contributed by atoms with Crippen LogP contribution in [0, 0.1) is 5.82 Å². The van der Waals surface area contributed by atoms with Gasteiger partial charge in [-0.1, -0.05) is 23.4 Å². The van der Waals surface area contributed by atoms with E-state index < -0.39 is 5.82 Å². The third kappa shape index (κ3) is 3.97. The quantitative estimate of drug-likeness (QED) is 0.806. The molecule has 0 fully saturated rings. The minimum Gasteiger partial charge on any atom is -0.495 e. The summed E-state index contributed by atoms with van der Waals surface area (Å²) < 4.78 is 20.3. The predicted octanol–water partition coefficient (Wildman–Crippen LogP) is 4.15. The highest BCUT2D eigenvalue weighted by molar-refractivity contribution is 7.99. The van der Waals surface area contributed by atoms with Crippen LogP contribution in [0.3, 0.4) is 0 Å². The molecule has 0 saturated carbocycles. The van der Waals surface area contributed by atoms with Crippen molar-refractivity contribution in [1.82, 2.24) is 14.7 Å². The normalized spacial score (nSPS) is 10.7. The van der Waals surface area contributed by atoms with Crippen molar-refractivity contribution in [2.24, 2.45) is 0 Å². The number of carbonyl (C=O) groups is 1. The molecule has 0 atom stereocenters. The molecular weight excluding hydrogens is 341 g/mol. The monoisotopic (exact) mass is 357 g/mol. The number of hydrogen-bond acceptors (Lipinski definition) is 4. The molecular formula is C15H17ClFN3O2S. The molecule has 0 spiro atoms. The SMILES string of the molecule is CCN(CC)C(=O)n1ccc(Sc2cc(OC)c(Cl)cc2F)n1. The van der Waals surface area contributed by atoms with Crippen molar-refractivity contribution < 1.29 is 13.9 Å². The number of amides is 1. The van der Waals surface area contributed by atoms with E-state index in [1.54, 1.807) is 17.2 Å². The van der Waals surface area contributed by atoms with Gasteiger partial charge < -0.3 is 9.64 Å². The topological polar surface area (TPSA) is 47.4 Å². The minimum absolute atomic E-state index is 0.205. The summed E-state index contributed by atoms with van der Waals surface area (Å²) in [6.07, 6.45) is 1.56. The van der Waals surface area contributed by atoms with Crippen molar-refractivity contribution in [3.8, 4) is 5.75 Å². The maximum atomic E-state index is 14.0. The number of benzene rings is 1. The molecule has 0 radical (unpaired) electrons. The first kappa shape index (κ1) is 17.6. The summed E-state index contributed by atoms with van der Waals surface area (Å²) >= 11 is 6.97. The fourth-order valence-corrected chi connectivity index (χ4v) is 3.00. The molecule has 1 aromatic heterocycles. The average Bonchev–Trinajstić information content (AvgIpc) is 2.99. The summed E-state index contributed by atoms with van der Waals surface area (Å²) in [7, 11) is 1.46. The third-order valence-electron chi connectivity index (χ3n) is 3.22. The van der Waals surface area contributed by atoms with Crippen LogP contribution in [-0.2, 0) is 0 Å². The second kappa shape index (κ2) is 7.70. The molecule has 124 valence electrons. The summed E-state index contributed by atoms with van der Waals surface area (Å²) in [5.41, 5.74) is 0. The number of methoxy groups -OCH3 is 1. The van der Waals surface area contributed by atoms with Crippen molar-refractivity contribution in [2.45, 2.75) is 23.8 Å². The molecule has 8 heteroatoms. The van der Waals surface area contributed by atoms with Gasteiger partial charge in [-0.15, -0.1) is 0 Å². The lowest BCUT2D eigenvalue weighted by molar-refractivity contribution is 0.201. The van der Waals surface area contributed by atoms with E-state index in [9.17, 15) is 9.18 Å². The molecule has 1 heterocycles. The molecule has 0 saturated heterocycles. The molecule has 2 aromatic rings. The van der Waals surface area contributed by atoms with E-state index in [-0.39, 0.29) is 11.1 Å². The van der Waals surface area contributed by atoms with Crippen molar-refractivity contribution in [3.63, 3.8) is 0 Å². The highest BCUT2D eigenvalue weighted by Gasteiger charge is 2.15. The number of hydrogen-bond donors (Lipinski definition) is 0. The zero-order chi connectivity index (χ0) is 17.0. The predicted molar refractivity (Wildman–Crippen MR) is 88.0 cm³/mol. The molecule has 0 bridgehead atoms. The van der Waals surface area contributed by atoms with E-state index in [2.05, 4.69) is 5.10 Å². The Kier molecular flexibility index (Phi) is 5.90. The molecule has 1 aromatic carbocycles. The van der Waals surface area contributed by atoms with E-state index >= 15 is 0 Å². The van der Waals surface area contributed by atoms with Crippen molar-refractivity contribution in [3.05, 3.63) is 35.2 Å². The molecule has 0 N–H and O–H groups in total. The van der Waals surface area contributed by atoms with Gasteiger partial charge in [0.25, 0.3) is 0 Å². The first-order valence-corrected chi connectivity index (χ1v) is 8.25. The van der Waals surface area contributed by atoms with Crippen molar-refractivity contribution in [1.29, 1.82) is 0 Å². The van der Waals surface area contributed by atoms with E-state index in [1.165, 1.54) is 23.9 Å². The van der Waals surface area contributed by atoms with Gasteiger partial charge in [-0.3, -0.25) is 0 Å². The fourth-order valence-electron chi connectivity index (χ4n) is 1.96. The van der Waals surface area contributed by atoms with Gasteiger partial charge in [0.2, 0.25) is 0 Å². The van der Waals surface area contributed by atoms with E-state index in [4.69, 9.17) is 16.3 Å². The lowest BCUT2D eigenvalue weighted by Crippen LogP contribution is -2.34. The summed E-state index contributed by atoms with van der Waals surface area (Å²) in [6.45, 7) is 4.99. The highest BCUT2D eigenvalue weighted by atomic mass is 35.5. The second-order valence-corrected chi connectivity index (χ2v) is 6.04. The number of ether oxygens (including phenoxy) is 1. The van der Waals surface area contributed by atoms with E-state index in [0.717, 1.165) is 11.8 Å². The third-order valence-corrected chi connectivity index (χ3v) is 4.47. The van der Waals surface area contributed by atoms with Crippen molar-refractivity contribution in [2.75, 3.05) is 20.2 Å². The van der Waals surface area contributed by atoms with Crippen LogP contribution in [0.25, 0.3) is 0 Å². The Morgan fingerprint density at radius 2 is 2.13 bits per heavy atom. The van der Waals surface area contributed by atoms with Crippen LogP contribution in [0.15, 0.2) is 34.3 Å². The molecule has 1 amide bonds. The van der Waals surface area contributed by atoms with Crippen molar-refractivity contribution >= 4 is 29.4 Å². The van der Waals surface area contributed by atoms with Gasteiger partial charge >= 0.3 is 6.03 Å². The summed E-state index contributed by atoms with van der Waals surface area (Å²) in [5.74, 6) is -0.0837. The molecule has 5 nitrogen and oxygen atoms in total. The molecule has 0 aliphatic carbocycles. The van der Waals surface area contributed by atoms with E-state index in [1.807, 2.05) is 13.8 Å². The molecule has 0 aliphatic rings. The average molecular weight is 358 g/mol. The van der Waals surface area contributed by atoms with Crippen LogP contribution in [0.5, 0.6) is 5.75 Å². The zero-order valence-corrected chi connectivity index (χ0v) is 14.6. The van der Waals surface area contributed by atoms with Crippen LogP contribution in [0.2, 0.25) is 5.02 Å². The fraction of sp³-hybridized carbons (Fsp3) is 0.333. The number of nitrogens with zero attached hydrogens (tertiary/aromatic N) is 3. The second-order valence-electron chi connectivity index (χ2n) is 4.57. The molecule has 0 unspecified atom stereocenters. The van der Waals surface area contributed by atoms with Gasteiger partial charge in [0.05, 0.1) is 17.0 Å². The number of halogens is 2. The van der Waals surface area contributed by atoms with Crippen LogP contribution in [0.4, 0.5) is 9.18 Å². The largest absolute Gasteiger partial charge is 0.495 e. The molecule has 2 rings (SSSR count). The van der Waals surface area contributed by atoms with Crippen LogP contribution < -0.4 is 4.74 Å². The maximum absolute atomic E-state index is 14.0. The Bertz CT molecular complexity index is 704. The van der Waals surface area contributed by atoms with Gasteiger partial charge in [0, 0.05) is 19.3 Å². The Morgan fingerprint density at radius 1 is 1.43 bits per heavy atom. The molecule has 23 heavy (non-hydrogen) atoms. The van der Waals surface area contributed by atoms with Gasteiger partial charge in [-0.05, 0) is 32.0 Å². The Hall–Kier alpha value is -1.73. The standard InChI is InChI=1S/C15H17ClFN3O2S/c1-4-19(5-2)15(21)20-7-6-14(18-20)23-13-9-12(22-3)10(16)8-11(13)17/h6-9H,4-5H2,1-3H3. The van der Waals surface area contributed by atoms with Crippen LogP contribution in [0.1, 0.15) is 13.8 Å². The summed E-state index contributed by atoms with van der Waals surface area (Å²) in [5, 5.41) is 4.90. The molecule has 0 aliphatic heterocycles. The number of rotatable bonds is 5. The lowest BCUT2D eigenvalue weighted by Gasteiger charge is -2.17. The summed E-state index contributed by atoms with van der Waals surface area (Å²) in [4.78, 5) is 14.2. The Balaban J connectivity index is 2.21. The minimum atomic E-state index is -0.467. The Labute approximate surface area is 143 Å². The van der Waals surface area contributed by atoms with Gasteiger partial charge in [-0.25, -0.2) is 9.18 Å². The van der Waals surface area contributed by atoms with E-state index in [0.29, 0.717) is 28.8 Å². The van der Waals surface area contributed by atoms with Crippen LogP contribution >= 0.6 is 23.4 Å². The smallest absolute Gasteiger partial charge is 0.344 e. The maximum Gasteiger partial charge on any atom is 0.344 e. The highest BCUT2D eigenvalue weighted by Crippen LogP contribution is 2.35. The first-order chi connectivity index (χ1) is 11.0. The zero-order valence-electron chi connectivity index (χ0n) is 13.0. The van der Waals surface area contributed by atoms with Crippen LogP contribution in [-0.4, -0.2) is 40.9 Å². The lowest BCUT2D eigenvalue weighted by atomic mass is 10.3. The van der Waals surface area contributed by atoms with Gasteiger partial charge in [-0.2, -0.15) is 9.78 Å². The summed E-state index contributed by atoms with van der Waals surface area (Å²) in [6, 6.07) is 4.15. The van der Waals surface area contributed by atoms with Gasteiger partial charge in [0.15, 0.2) is 0 Å².